The number of benzene rings is 1. The molecule has 0 heterocycles. The predicted octanol–water partition coefficient (Wildman–Crippen LogP) is 1.48. The van der Waals surface area contributed by atoms with Crippen molar-refractivity contribution in [2.24, 2.45) is 0 Å². The second-order valence-electron chi connectivity index (χ2n) is 2.29. The Bertz CT molecular complexity index is 244. The lowest BCUT2D eigenvalue weighted by Gasteiger charge is -2.01. The Morgan fingerprint density at radius 2 is 1.91 bits per heavy atom. The molecule has 0 spiro atoms. The van der Waals surface area contributed by atoms with Gasteiger partial charge in [0.2, 0.25) is 0 Å². The minimum absolute atomic E-state index is 0.706. The van der Waals surface area contributed by atoms with Gasteiger partial charge < -0.3 is 5.11 Å². The summed E-state index contributed by atoms with van der Waals surface area (Å²) in [6.45, 7) is 1.53. The molecule has 1 aromatic rings. The molecule has 0 aliphatic heterocycles. The molecule has 3 heteroatoms. The first-order valence-corrected chi connectivity index (χ1v) is 4.74. The summed E-state index contributed by atoms with van der Waals surface area (Å²) in [7, 11) is -1.63. The summed E-state index contributed by atoms with van der Waals surface area (Å²) in [6.07, 6.45) is 0. The molecule has 0 amide bonds. The molecular weight excluding hydrogens is 159 g/mol. The van der Waals surface area contributed by atoms with Crippen molar-refractivity contribution in [3.05, 3.63) is 30.3 Å². The van der Waals surface area contributed by atoms with Crippen molar-refractivity contribution in [2.45, 2.75) is 12.8 Å². The van der Waals surface area contributed by atoms with Crippen LogP contribution in [-0.4, -0.2) is 11.0 Å². The van der Waals surface area contributed by atoms with Crippen molar-refractivity contribution in [3.63, 3.8) is 0 Å². The van der Waals surface area contributed by atoms with Gasteiger partial charge in [-0.2, -0.15) is 0 Å². The Kier molecular flexibility index (Phi) is 2.75. The molecule has 2 nitrogen and oxygen atoms in total. The van der Waals surface area contributed by atoms with Crippen LogP contribution in [0, 0.1) is 0 Å². The van der Waals surface area contributed by atoms with E-state index in [1.54, 1.807) is 12.1 Å². The number of rotatable bonds is 2. The molecule has 0 aliphatic carbocycles. The van der Waals surface area contributed by atoms with E-state index in [0.29, 0.717) is 5.30 Å². The van der Waals surface area contributed by atoms with E-state index in [2.05, 4.69) is 0 Å². The summed E-state index contributed by atoms with van der Waals surface area (Å²) in [5.41, 5.74) is 0. The van der Waals surface area contributed by atoms with Crippen LogP contribution in [0.4, 0.5) is 0 Å². The smallest absolute Gasteiger partial charge is 0.133 e. The van der Waals surface area contributed by atoms with Crippen LogP contribution in [0.15, 0.2) is 30.3 Å². The van der Waals surface area contributed by atoms with E-state index in [9.17, 15) is 4.57 Å². The zero-order valence-electron chi connectivity index (χ0n) is 6.27. The van der Waals surface area contributed by atoms with Gasteiger partial charge >= 0.3 is 0 Å². The molecule has 1 aromatic carbocycles. The molecule has 1 N–H and O–H groups in total. The van der Waals surface area contributed by atoms with Crippen LogP contribution in [0.25, 0.3) is 0 Å². The van der Waals surface area contributed by atoms with Crippen LogP contribution in [0.1, 0.15) is 6.92 Å². The molecule has 2 unspecified atom stereocenters. The molecule has 0 aromatic heterocycles. The van der Waals surface area contributed by atoms with E-state index in [0.717, 1.165) is 0 Å². The van der Waals surface area contributed by atoms with E-state index in [4.69, 9.17) is 5.11 Å². The molecule has 59 valence electrons. The maximum atomic E-state index is 11.2. The normalized spacial score (nSPS) is 14.2. The average molecular weight is 169 g/mol. The Morgan fingerprint density at radius 3 is 2.36 bits per heavy atom. The third-order valence-electron chi connectivity index (χ3n) is 1.35. The Morgan fingerprint density at radius 1 is 1.36 bits per heavy atom. The van der Waals surface area contributed by atoms with Crippen molar-refractivity contribution >= 4 is 13.1 Å². The van der Waals surface area contributed by atoms with Crippen LogP contribution >= 0.6 is 7.80 Å². The first-order chi connectivity index (χ1) is 5.22. The number of hydrogen-bond acceptors (Lipinski definition) is 2. The highest BCUT2D eigenvalue weighted by atomic mass is 31.1. The second kappa shape index (κ2) is 3.61. The van der Waals surface area contributed by atoms with Gasteiger partial charge in [-0.15, -0.1) is 0 Å². The third-order valence-corrected chi connectivity index (χ3v) is 2.84. The van der Waals surface area contributed by atoms with E-state index in [1.807, 2.05) is 18.2 Å². The highest BCUT2D eigenvalue weighted by molar-refractivity contribution is 7.53. The largest absolute Gasteiger partial charge is 0.382 e. The molecule has 11 heavy (non-hydrogen) atoms. The van der Waals surface area contributed by atoms with Gasteiger partial charge in [-0.05, 0) is 19.1 Å². The summed E-state index contributed by atoms with van der Waals surface area (Å²) >= 11 is 0. The molecule has 1 radical (unpaired) electrons. The highest BCUT2D eigenvalue weighted by Crippen LogP contribution is 2.23. The minimum Gasteiger partial charge on any atom is -0.382 e. The number of aliphatic hydroxyl groups excluding tert-OH is 1. The third kappa shape index (κ3) is 2.11. The quantitative estimate of drug-likeness (QED) is 0.681. The minimum atomic E-state index is -1.63. The molecule has 2 atom stereocenters. The van der Waals surface area contributed by atoms with Crippen molar-refractivity contribution in [1.29, 1.82) is 0 Å². The van der Waals surface area contributed by atoms with Crippen LogP contribution in [0.3, 0.4) is 0 Å². The first kappa shape index (κ1) is 8.38. The summed E-state index contributed by atoms with van der Waals surface area (Å²) in [5, 5.41) is 9.70. The second-order valence-corrected chi connectivity index (χ2v) is 4.21. The number of aliphatic hydroxyl groups is 1. The fourth-order valence-corrected chi connectivity index (χ4v) is 1.69. The summed E-state index contributed by atoms with van der Waals surface area (Å²) in [6, 6.07) is 8.99. The maximum Gasteiger partial charge on any atom is 0.133 e. The highest BCUT2D eigenvalue weighted by Gasteiger charge is 2.08. The molecule has 0 aliphatic rings. The standard InChI is InChI=1S/C8H10O2P/c1-7(9)11(10)8-5-3-2-4-6-8/h2-7,9H,1H3. The van der Waals surface area contributed by atoms with Crippen LogP contribution in [0.5, 0.6) is 0 Å². The van der Waals surface area contributed by atoms with Crippen LogP contribution < -0.4 is 5.30 Å². The molecule has 1 rings (SSSR count). The maximum absolute atomic E-state index is 11.2. The van der Waals surface area contributed by atoms with Gasteiger partial charge in [0, 0.05) is 5.30 Å². The Labute approximate surface area is 66.7 Å². The Hall–Kier alpha value is -0.720. The number of hydrogen-bond donors (Lipinski definition) is 1. The van der Waals surface area contributed by atoms with Gasteiger partial charge in [0.15, 0.2) is 0 Å². The van der Waals surface area contributed by atoms with E-state index < -0.39 is 13.6 Å². The molecule has 0 saturated carbocycles. The Balaban J connectivity index is 2.86. The SMILES string of the molecule is CC(O)[P](=O)c1ccccc1. The predicted molar refractivity (Wildman–Crippen MR) is 45.4 cm³/mol. The van der Waals surface area contributed by atoms with Gasteiger partial charge in [0.05, 0.1) is 0 Å². The molecule has 0 saturated heterocycles. The van der Waals surface area contributed by atoms with Gasteiger partial charge in [-0.25, -0.2) is 0 Å². The van der Waals surface area contributed by atoms with Gasteiger partial charge in [-0.3, -0.25) is 4.57 Å². The van der Waals surface area contributed by atoms with Gasteiger partial charge in [-0.1, -0.05) is 18.2 Å². The van der Waals surface area contributed by atoms with Crippen molar-refractivity contribution < 1.29 is 9.67 Å². The topological polar surface area (TPSA) is 37.3 Å². The van der Waals surface area contributed by atoms with E-state index in [1.165, 1.54) is 6.92 Å². The lowest BCUT2D eigenvalue weighted by Crippen LogP contribution is -2.03. The monoisotopic (exact) mass is 169 g/mol. The van der Waals surface area contributed by atoms with Crippen molar-refractivity contribution in [2.75, 3.05) is 0 Å². The fourth-order valence-electron chi connectivity index (χ4n) is 0.791. The summed E-state index contributed by atoms with van der Waals surface area (Å²) in [4.78, 5) is 0. The lowest BCUT2D eigenvalue weighted by molar-refractivity contribution is 0.273. The van der Waals surface area contributed by atoms with Gasteiger partial charge in [0.1, 0.15) is 13.6 Å². The van der Waals surface area contributed by atoms with E-state index >= 15 is 0 Å². The van der Waals surface area contributed by atoms with E-state index in [-0.39, 0.29) is 0 Å². The molecule has 0 fully saturated rings. The lowest BCUT2D eigenvalue weighted by atomic mass is 10.4. The summed E-state index contributed by atoms with van der Waals surface area (Å²) in [5.74, 6) is -0.757. The van der Waals surface area contributed by atoms with Crippen LogP contribution in [-0.2, 0) is 4.57 Å². The first-order valence-electron chi connectivity index (χ1n) is 3.41. The molecule has 0 bridgehead atoms. The van der Waals surface area contributed by atoms with Crippen molar-refractivity contribution in [1.82, 2.24) is 0 Å². The van der Waals surface area contributed by atoms with Crippen LogP contribution in [0.2, 0.25) is 0 Å². The summed E-state index contributed by atoms with van der Waals surface area (Å²) < 4.78 is 11.2. The van der Waals surface area contributed by atoms with Gasteiger partial charge in [0.25, 0.3) is 0 Å². The fraction of sp³-hybridized carbons (Fsp3) is 0.250. The zero-order valence-corrected chi connectivity index (χ0v) is 7.16. The molecular formula is C8H10O2P. The zero-order chi connectivity index (χ0) is 8.27. The average Bonchev–Trinajstić information content (AvgIpc) is 2.05. The van der Waals surface area contributed by atoms with Crippen molar-refractivity contribution in [3.8, 4) is 0 Å².